The van der Waals surface area contributed by atoms with Gasteiger partial charge in [0.1, 0.15) is 0 Å². The zero-order valence-corrected chi connectivity index (χ0v) is 18.5. The minimum Gasteiger partial charge on any atom is -0.350 e. The lowest BCUT2D eigenvalue weighted by Gasteiger charge is -2.18. The van der Waals surface area contributed by atoms with Crippen LogP contribution in [0, 0.1) is 0 Å². The number of nitrogens with zero attached hydrogens (tertiary/aromatic N) is 3. The zero-order valence-electron chi connectivity index (χ0n) is 17.7. The molecule has 0 unspecified atom stereocenters. The molecule has 1 N–H and O–H groups in total. The van der Waals surface area contributed by atoms with Gasteiger partial charge in [-0.3, -0.25) is 29.2 Å². The van der Waals surface area contributed by atoms with Crippen molar-refractivity contribution in [2.75, 3.05) is 26.2 Å². The molecular formula is C23H26N4O3S. The normalized spacial score (nSPS) is 15.2. The molecule has 1 fully saturated rings. The van der Waals surface area contributed by atoms with E-state index in [0.29, 0.717) is 10.5 Å². The van der Waals surface area contributed by atoms with Gasteiger partial charge in [-0.25, -0.2) is 0 Å². The summed E-state index contributed by atoms with van der Waals surface area (Å²) in [6.07, 6.45) is 4.92. The average molecular weight is 439 g/mol. The number of carbonyl (C=O) groups excluding carboxylic acids is 3. The number of thioether (sulfide) groups is 1. The van der Waals surface area contributed by atoms with Crippen LogP contribution in [0.5, 0.6) is 0 Å². The fraction of sp³-hybridized carbons (Fsp3) is 0.304. The molecule has 3 rings (SSSR count). The number of hydrogen-bond acceptors (Lipinski definition) is 6. The number of imide groups is 1. The predicted octanol–water partition coefficient (Wildman–Crippen LogP) is 3.39. The van der Waals surface area contributed by atoms with Crippen LogP contribution in [0.1, 0.15) is 35.3 Å². The van der Waals surface area contributed by atoms with Crippen molar-refractivity contribution >= 4 is 34.9 Å². The van der Waals surface area contributed by atoms with Gasteiger partial charge in [0.05, 0.1) is 4.91 Å². The Morgan fingerprint density at radius 1 is 1.16 bits per heavy atom. The third-order valence-electron chi connectivity index (χ3n) is 4.99. The standard InChI is InChI=1S/C23H26N4O3S/c1-3-26(4-2)16-17-7-9-19(10-8-17)21(28)25-12-13-27-22(29)20(31-23(27)30)14-18-6-5-11-24-15-18/h5-11,14-15H,3-4,12-13,16H2,1-2H3,(H,25,28)/b20-14-. The summed E-state index contributed by atoms with van der Waals surface area (Å²) >= 11 is 0.896. The van der Waals surface area contributed by atoms with E-state index in [1.807, 2.05) is 18.2 Å². The lowest BCUT2D eigenvalue weighted by Crippen LogP contribution is -2.37. The van der Waals surface area contributed by atoms with Crippen molar-refractivity contribution in [3.05, 3.63) is 70.4 Å². The van der Waals surface area contributed by atoms with Gasteiger partial charge in [-0.2, -0.15) is 0 Å². The zero-order chi connectivity index (χ0) is 22.2. The van der Waals surface area contributed by atoms with Gasteiger partial charge < -0.3 is 5.32 Å². The topological polar surface area (TPSA) is 82.6 Å². The van der Waals surface area contributed by atoms with Gasteiger partial charge in [-0.15, -0.1) is 0 Å². The monoisotopic (exact) mass is 438 g/mol. The van der Waals surface area contributed by atoms with E-state index in [2.05, 4.69) is 29.0 Å². The largest absolute Gasteiger partial charge is 0.350 e. The molecule has 2 heterocycles. The van der Waals surface area contributed by atoms with Crippen LogP contribution < -0.4 is 5.32 Å². The minimum atomic E-state index is -0.353. The van der Waals surface area contributed by atoms with E-state index < -0.39 is 0 Å². The molecule has 2 aromatic rings. The Morgan fingerprint density at radius 3 is 2.55 bits per heavy atom. The number of amides is 3. The van der Waals surface area contributed by atoms with Gasteiger partial charge in [0.15, 0.2) is 0 Å². The summed E-state index contributed by atoms with van der Waals surface area (Å²) in [7, 11) is 0. The summed E-state index contributed by atoms with van der Waals surface area (Å²) in [5, 5.41) is 2.44. The lowest BCUT2D eigenvalue weighted by atomic mass is 10.1. The molecular weight excluding hydrogens is 412 g/mol. The van der Waals surface area contributed by atoms with Crippen molar-refractivity contribution in [1.82, 2.24) is 20.1 Å². The van der Waals surface area contributed by atoms with Crippen molar-refractivity contribution in [2.45, 2.75) is 20.4 Å². The number of aromatic nitrogens is 1. The molecule has 7 nitrogen and oxygen atoms in total. The Kier molecular flexibility index (Phi) is 7.97. The summed E-state index contributed by atoms with van der Waals surface area (Å²) in [6.45, 7) is 7.36. The minimum absolute atomic E-state index is 0.126. The van der Waals surface area contributed by atoms with E-state index in [1.165, 1.54) is 0 Å². The van der Waals surface area contributed by atoms with Crippen LogP contribution in [-0.2, 0) is 11.3 Å². The quantitative estimate of drug-likeness (QED) is 0.605. The molecule has 0 bridgehead atoms. The van der Waals surface area contributed by atoms with Crippen molar-refractivity contribution in [3.8, 4) is 0 Å². The van der Waals surface area contributed by atoms with E-state index >= 15 is 0 Å². The van der Waals surface area contributed by atoms with E-state index in [-0.39, 0.29) is 30.1 Å². The molecule has 31 heavy (non-hydrogen) atoms. The molecule has 0 aliphatic carbocycles. The fourth-order valence-corrected chi connectivity index (χ4v) is 4.02. The first-order valence-corrected chi connectivity index (χ1v) is 11.1. The summed E-state index contributed by atoms with van der Waals surface area (Å²) in [5.74, 6) is -0.582. The maximum absolute atomic E-state index is 12.5. The van der Waals surface area contributed by atoms with Crippen molar-refractivity contribution in [1.29, 1.82) is 0 Å². The second kappa shape index (κ2) is 10.9. The Morgan fingerprint density at radius 2 is 1.90 bits per heavy atom. The van der Waals surface area contributed by atoms with E-state index in [0.717, 1.165) is 47.4 Å². The van der Waals surface area contributed by atoms with Gasteiger partial charge in [-0.1, -0.05) is 32.0 Å². The highest BCUT2D eigenvalue weighted by atomic mass is 32.2. The molecule has 1 aliphatic rings. The van der Waals surface area contributed by atoms with Crippen LogP contribution in [0.15, 0.2) is 53.7 Å². The average Bonchev–Trinajstić information content (AvgIpc) is 3.05. The first kappa shape index (κ1) is 22.7. The third-order valence-corrected chi connectivity index (χ3v) is 5.90. The highest BCUT2D eigenvalue weighted by Gasteiger charge is 2.34. The number of carbonyl (C=O) groups is 3. The molecule has 1 aromatic carbocycles. The number of benzene rings is 1. The number of pyridine rings is 1. The maximum atomic E-state index is 12.5. The van der Waals surface area contributed by atoms with Gasteiger partial charge in [0, 0.05) is 37.6 Å². The summed E-state index contributed by atoms with van der Waals surface area (Å²) < 4.78 is 0. The number of hydrogen-bond donors (Lipinski definition) is 1. The van der Waals surface area contributed by atoms with Gasteiger partial charge in [0.25, 0.3) is 17.1 Å². The molecule has 8 heteroatoms. The summed E-state index contributed by atoms with van der Waals surface area (Å²) in [5.41, 5.74) is 2.46. The van der Waals surface area contributed by atoms with Crippen LogP contribution >= 0.6 is 11.8 Å². The van der Waals surface area contributed by atoms with Crippen LogP contribution in [0.4, 0.5) is 4.79 Å². The van der Waals surface area contributed by atoms with Gasteiger partial charge in [-0.05, 0) is 60.3 Å². The molecule has 1 saturated heterocycles. The Hall–Kier alpha value is -2.97. The van der Waals surface area contributed by atoms with Crippen LogP contribution in [0.3, 0.4) is 0 Å². The van der Waals surface area contributed by atoms with E-state index in [1.54, 1.807) is 36.7 Å². The molecule has 1 aliphatic heterocycles. The summed E-state index contributed by atoms with van der Waals surface area (Å²) in [4.78, 5) is 44.9. The fourth-order valence-electron chi connectivity index (χ4n) is 3.16. The lowest BCUT2D eigenvalue weighted by molar-refractivity contribution is -0.122. The van der Waals surface area contributed by atoms with Gasteiger partial charge in [0.2, 0.25) is 0 Å². The number of nitrogens with one attached hydrogen (secondary N) is 1. The molecule has 1 aromatic heterocycles. The Labute approximate surface area is 186 Å². The highest BCUT2D eigenvalue weighted by Crippen LogP contribution is 2.31. The Balaban J connectivity index is 1.51. The second-order valence-corrected chi connectivity index (χ2v) is 8.03. The third kappa shape index (κ3) is 6.02. The van der Waals surface area contributed by atoms with Gasteiger partial charge >= 0.3 is 0 Å². The van der Waals surface area contributed by atoms with Crippen molar-refractivity contribution in [2.24, 2.45) is 0 Å². The highest BCUT2D eigenvalue weighted by molar-refractivity contribution is 8.18. The van der Waals surface area contributed by atoms with Crippen molar-refractivity contribution in [3.63, 3.8) is 0 Å². The molecule has 0 spiro atoms. The molecule has 3 amide bonds. The predicted molar refractivity (Wildman–Crippen MR) is 122 cm³/mol. The van der Waals surface area contributed by atoms with Crippen LogP contribution in [0.2, 0.25) is 0 Å². The summed E-state index contributed by atoms with van der Waals surface area (Å²) in [6, 6.07) is 11.1. The first-order chi connectivity index (χ1) is 15.0. The molecule has 162 valence electrons. The molecule has 0 atom stereocenters. The van der Waals surface area contributed by atoms with Crippen LogP contribution in [-0.4, -0.2) is 58.0 Å². The van der Waals surface area contributed by atoms with Crippen LogP contribution in [0.25, 0.3) is 6.08 Å². The van der Waals surface area contributed by atoms with E-state index in [4.69, 9.17) is 0 Å². The smallest absolute Gasteiger partial charge is 0.293 e. The first-order valence-electron chi connectivity index (χ1n) is 10.3. The Bertz CT molecular complexity index is 957. The number of rotatable bonds is 9. The van der Waals surface area contributed by atoms with Crippen molar-refractivity contribution < 1.29 is 14.4 Å². The van der Waals surface area contributed by atoms with E-state index in [9.17, 15) is 14.4 Å². The maximum Gasteiger partial charge on any atom is 0.293 e. The molecule has 0 saturated carbocycles. The SMILES string of the molecule is CCN(CC)Cc1ccc(C(=O)NCCN2C(=O)S/C(=C\c3cccnc3)C2=O)cc1. The second-order valence-electron chi connectivity index (χ2n) is 7.03. The molecule has 0 radical (unpaired) electrons.